The molecule has 0 bridgehead atoms. The average Bonchev–Trinajstić information content (AvgIpc) is 2.58. The number of hydrogen-bond donors (Lipinski definition) is 2. The molecule has 6 nitrogen and oxygen atoms in total. The van der Waals surface area contributed by atoms with E-state index in [-0.39, 0.29) is 6.54 Å². The molecular formula is C15H14F3N3O3S. The normalized spacial score (nSPS) is 12.0. The Kier molecular flexibility index (Phi) is 5.75. The first-order valence-electron chi connectivity index (χ1n) is 7.01. The molecular weight excluding hydrogens is 359 g/mol. The molecule has 2 N–H and O–H groups in total. The first kappa shape index (κ1) is 18.9. The maximum atomic E-state index is 12.6. The number of nitrogens with one attached hydrogen (secondary N) is 2. The van der Waals surface area contributed by atoms with Gasteiger partial charge >= 0.3 is 6.18 Å². The van der Waals surface area contributed by atoms with E-state index in [1.165, 1.54) is 6.20 Å². The topological polar surface area (TPSA) is 88.2 Å². The van der Waals surface area contributed by atoms with Crippen LogP contribution >= 0.6 is 0 Å². The van der Waals surface area contributed by atoms with Crippen molar-refractivity contribution in [2.24, 2.45) is 0 Å². The van der Waals surface area contributed by atoms with Crippen LogP contribution in [0.3, 0.4) is 0 Å². The number of halogens is 3. The van der Waals surface area contributed by atoms with Gasteiger partial charge in [-0.15, -0.1) is 0 Å². The summed E-state index contributed by atoms with van der Waals surface area (Å²) in [5.74, 6) is -0.626. The maximum Gasteiger partial charge on any atom is 0.416 e. The molecule has 0 aliphatic carbocycles. The van der Waals surface area contributed by atoms with Gasteiger partial charge in [0.05, 0.1) is 17.0 Å². The Morgan fingerprint density at radius 2 is 1.92 bits per heavy atom. The first-order chi connectivity index (χ1) is 11.7. The second-order valence-electron chi connectivity index (χ2n) is 4.99. The smallest absolute Gasteiger partial charge is 0.351 e. The summed E-state index contributed by atoms with van der Waals surface area (Å²) in [6.45, 7) is -0.448. The predicted molar refractivity (Wildman–Crippen MR) is 82.7 cm³/mol. The van der Waals surface area contributed by atoms with Gasteiger partial charge in [0, 0.05) is 18.9 Å². The highest BCUT2D eigenvalue weighted by Gasteiger charge is 2.31. The fraction of sp³-hybridized carbons (Fsp3) is 0.200. The van der Waals surface area contributed by atoms with Gasteiger partial charge in [-0.25, -0.2) is 13.1 Å². The monoisotopic (exact) mass is 373 g/mol. The lowest BCUT2D eigenvalue weighted by Gasteiger charge is -2.10. The summed E-state index contributed by atoms with van der Waals surface area (Å²) < 4.78 is 64.0. The highest BCUT2D eigenvalue weighted by molar-refractivity contribution is 7.89. The molecule has 0 spiro atoms. The molecule has 1 aromatic heterocycles. The van der Waals surface area contributed by atoms with Crippen molar-refractivity contribution in [3.8, 4) is 0 Å². The Morgan fingerprint density at radius 3 is 2.56 bits per heavy atom. The molecule has 134 valence electrons. The van der Waals surface area contributed by atoms with Crippen LogP contribution in [0.2, 0.25) is 0 Å². The number of benzene rings is 1. The minimum atomic E-state index is -4.66. The average molecular weight is 373 g/mol. The van der Waals surface area contributed by atoms with Crippen LogP contribution in [-0.2, 0) is 27.5 Å². The van der Waals surface area contributed by atoms with Crippen LogP contribution in [0.1, 0.15) is 11.1 Å². The molecule has 2 aromatic rings. The molecule has 10 heteroatoms. The number of hydrogen-bond acceptors (Lipinski definition) is 4. The van der Waals surface area contributed by atoms with Gasteiger partial charge in [0.1, 0.15) is 0 Å². The van der Waals surface area contributed by atoms with Crippen molar-refractivity contribution < 1.29 is 26.4 Å². The van der Waals surface area contributed by atoms with E-state index in [1.807, 2.05) is 4.72 Å². The van der Waals surface area contributed by atoms with E-state index in [4.69, 9.17) is 0 Å². The summed E-state index contributed by atoms with van der Waals surface area (Å²) in [6.07, 6.45) is -1.56. The van der Waals surface area contributed by atoms with Crippen molar-refractivity contribution in [2.75, 3.05) is 6.54 Å². The number of sulfonamides is 1. The van der Waals surface area contributed by atoms with Crippen LogP contribution in [0.5, 0.6) is 0 Å². The molecule has 0 saturated carbocycles. The van der Waals surface area contributed by atoms with Gasteiger partial charge in [0.2, 0.25) is 15.9 Å². The number of aromatic nitrogens is 1. The van der Waals surface area contributed by atoms with Gasteiger partial charge in [-0.3, -0.25) is 9.78 Å². The van der Waals surface area contributed by atoms with Gasteiger partial charge < -0.3 is 5.32 Å². The second kappa shape index (κ2) is 7.62. The molecule has 1 heterocycles. The number of rotatable bonds is 6. The van der Waals surface area contributed by atoms with E-state index in [2.05, 4.69) is 10.3 Å². The Balaban J connectivity index is 1.96. The summed E-state index contributed by atoms with van der Waals surface area (Å²) in [5.41, 5.74) is -0.368. The lowest BCUT2D eigenvalue weighted by molar-refractivity contribution is -0.137. The molecule has 1 aromatic carbocycles. The van der Waals surface area contributed by atoms with Crippen LogP contribution in [0.25, 0.3) is 0 Å². The number of carbonyl (C=O) groups is 1. The van der Waals surface area contributed by atoms with Crippen molar-refractivity contribution in [2.45, 2.75) is 17.6 Å². The van der Waals surface area contributed by atoms with E-state index < -0.39 is 39.1 Å². The van der Waals surface area contributed by atoms with E-state index in [9.17, 15) is 26.4 Å². The Labute approximate surface area is 142 Å². The van der Waals surface area contributed by atoms with Gasteiger partial charge in [-0.05, 0) is 29.8 Å². The lowest BCUT2D eigenvalue weighted by Crippen LogP contribution is -2.36. The quantitative estimate of drug-likeness (QED) is 0.807. The number of carbonyl (C=O) groups excluding carboxylic acids is 1. The van der Waals surface area contributed by atoms with Crippen LogP contribution < -0.4 is 10.0 Å². The predicted octanol–water partition coefficient (Wildman–Crippen LogP) is 1.70. The van der Waals surface area contributed by atoms with Gasteiger partial charge in [0.15, 0.2) is 0 Å². The summed E-state index contributed by atoms with van der Waals surface area (Å²) in [6, 6.07) is 6.68. The molecule has 0 unspecified atom stereocenters. The number of alkyl halides is 3. The zero-order valence-electron chi connectivity index (χ0n) is 12.7. The SMILES string of the molecule is O=C(CNS(=O)(=O)c1cccc(C(F)(F)F)c1)NCc1cccnc1. The number of amides is 1. The zero-order chi connectivity index (χ0) is 18.5. The number of pyridine rings is 1. The minimum absolute atomic E-state index is 0.151. The first-order valence-corrected chi connectivity index (χ1v) is 8.49. The Bertz CT molecular complexity index is 840. The summed E-state index contributed by atoms with van der Waals surface area (Å²) >= 11 is 0. The highest BCUT2D eigenvalue weighted by Crippen LogP contribution is 2.30. The third kappa shape index (κ3) is 5.54. The molecule has 1 amide bonds. The standard InChI is InChI=1S/C15H14F3N3O3S/c16-15(17,18)12-4-1-5-13(7-12)25(23,24)21-10-14(22)20-9-11-3-2-6-19-8-11/h1-8,21H,9-10H2,(H,20,22). The fourth-order valence-corrected chi connectivity index (χ4v) is 2.88. The summed E-state index contributed by atoms with van der Waals surface area (Å²) in [5, 5.41) is 2.47. The van der Waals surface area contributed by atoms with Crippen molar-refractivity contribution in [3.05, 3.63) is 59.9 Å². The second-order valence-corrected chi connectivity index (χ2v) is 6.76. The molecule has 0 atom stereocenters. The van der Waals surface area contributed by atoms with Crippen LogP contribution in [0.4, 0.5) is 13.2 Å². The minimum Gasteiger partial charge on any atom is -0.351 e. The third-order valence-electron chi connectivity index (χ3n) is 3.11. The van der Waals surface area contributed by atoms with Gasteiger partial charge in [-0.1, -0.05) is 12.1 Å². The van der Waals surface area contributed by atoms with Crippen molar-refractivity contribution >= 4 is 15.9 Å². The van der Waals surface area contributed by atoms with E-state index in [0.29, 0.717) is 6.07 Å². The molecule has 2 rings (SSSR count). The number of nitrogens with zero attached hydrogens (tertiary/aromatic N) is 1. The molecule has 0 radical (unpaired) electrons. The zero-order valence-corrected chi connectivity index (χ0v) is 13.6. The van der Waals surface area contributed by atoms with E-state index >= 15 is 0 Å². The maximum absolute atomic E-state index is 12.6. The molecule has 0 aliphatic heterocycles. The van der Waals surface area contributed by atoms with E-state index in [1.54, 1.807) is 18.3 Å². The van der Waals surface area contributed by atoms with Crippen LogP contribution in [0.15, 0.2) is 53.7 Å². The van der Waals surface area contributed by atoms with Gasteiger partial charge in [-0.2, -0.15) is 13.2 Å². The third-order valence-corrected chi connectivity index (χ3v) is 4.51. The fourth-order valence-electron chi connectivity index (χ4n) is 1.85. The molecule has 0 fully saturated rings. The van der Waals surface area contributed by atoms with Gasteiger partial charge in [0.25, 0.3) is 0 Å². The van der Waals surface area contributed by atoms with Crippen LogP contribution in [0, 0.1) is 0 Å². The highest BCUT2D eigenvalue weighted by atomic mass is 32.2. The molecule has 0 saturated heterocycles. The summed E-state index contributed by atoms with van der Waals surface area (Å²) in [4.78, 5) is 15.0. The van der Waals surface area contributed by atoms with Crippen molar-refractivity contribution in [1.29, 1.82) is 0 Å². The van der Waals surface area contributed by atoms with Crippen molar-refractivity contribution in [3.63, 3.8) is 0 Å². The Morgan fingerprint density at radius 1 is 1.16 bits per heavy atom. The lowest BCUT2D eigenvalue weighted by atomic mass is 10.2. The molecule has 0 aliphatic rings. The largest absolute Gasteiger partial charge is 0.416 e. The van der Waals surface area contributed by atoms with Crippen molar-refractivity contribution in [1.82, 2.24) is 15.0 Å². The summed E-state index contributed by atoms with van der Waals surface area (Å²) in [7, 11) is -4.24. The molecule has 25 heavy (non-hydrogen) atoms. The van der Waals surface area contributed by atoms with E-state index in [0.717, 1.165) is 23.8 Å². The van der Waals surface area contributed by atoms with Crippen LogP contribution in [-0.4, -0.2) is 25.9 Å². The Hall–Kier alpha value is -2.46.